The lowest BCUT2D eigenvalue weighted by Crippen LogP contribution is -2.08. The summed E-state index contributed by atoms with van der Waals surface area (Å²) in [5.41, 5.74) is 3.25. The highest BCUT2D eigenvalue weighted by Crippen LogP contribution is 2.35. The summed E-state index contributed by atoms with van der Waals surface area (Å²) in [4.78, 5) is 16.0. The number of aromatic amines is 1. The van der Waals surface area contributed by atoms with Crippen LogP contribution in [0.25, 0.3) is 11.0 Å². The maximum Gasteiger partial charge on any atom is 0.221 e. The van der Waals surface area contributed by atoms with Gasteiger partial charge >= 0.3 is 0 Å². The molecule has 0 unspecified atom stereocenters. The van der Waals surface area contributed by atoms with Crippen molar-refractivity contribution in [2.75, 3.05) is 5.32 Å². The van der Waals surface area contributed by atoms with E-state index in [0.717, 1.165) is 16.8 Å². The van der Waals surface area contributed by atoms with Gasteiger partial charge in [0, 0.05) is 6.21 Å². The van der Waals surface area contributed by atoms with E-state index in [1.165, 1.54) is 6.33 Å². The molecule has 0 saturated carbocycles. The molecule has 0 spiro atoms. The van der Waals surface area contributed by atoms with Crippen LogP contribution in [0.5, 0.6) is 5.75 Å². The van der Waals surface area contributed by atoms with Crippen LogP contribution < -0.4 is 10.1 Å². The minimum atomic E-state index is -3.72. The number of hydrogen-bond acceptors (Lipinski definition) is 7. The molecule has 1 aliphatic rings. The summed E-state index contributed by atoms with van der Waals surface area (Å²) in [5, 5.41) is 3.92. The van der Waals surface area contributed by atoms with E-state index in [1.54, 1.807) is 36.4 Å². The summed E-state index contributed by atoms with van der Waals surface area (Å²) in [7, 11) is -3.72. The highest BCUT2D eigenvalue weighted by Gasteiger charge is 2.22. The summed E-state index contributed by atoms with van der Waals surface area (Å²) in [6.07, 6.45) is 3.20. The smallest absolute Gasteiger partial charge is 0.221 e. The second-order valence-electron chi connectivity index (χ2n) is 7.74. The quantitative estimate of drug-likeness (QED) is 0.457. The van der Waals surface area contributed by atoms with Crippen LogP contribution in [0, 0.1) is 0 Å². The minimum Gasteiger partial charge on any atom is -0.489 e. The van der Waals surface area contributed by atoms with Gasteiger partial charge in [-0.05, 0) is 55.3 Å². The maximum absolute atomic E-state index is 13.0. The monoisotopic (exact) mass is 447 g/mol. The number of aliphatic imine (C=N–C) groups is 1. The lowest BCUT2D eigenvalue weighted by Gasteiger charge is -2.17. The molecule has 8 nitrogen and oxygen atoms in total. The van der Waals surface area contributed by atoms with E-state index < -0.39 is 9.84 Å². The Balaban J connectivity index is 1.57. The number of hydrogen-bond donors (Lipinski definition) is 2. The fourth-order valence-corrected chi connectivity index (χ4v) is 4.87. The third-order valence-corrected chi connectivity index (χ3v) is 6.78. The van der Waals surface area contributed by atoms with Crippen LogP contribution in [0.15, 0.2) is 69.8 Å². The van der Waals surface area contributed by atoms with Crippen LogP contribution in [0.2, 0.25) is 0 Å². The molecule has 0 atom stereocenters. The van der Waals surface area contributed by atoms with Gasteiger partial charge in [0.1, 0.15) is 28.6 Å². The van der Waals surface area contributed by atoms with Gasteiger partial charge in [-0.1, -0.05) is 18.2 Å². The van der Waals surface area contributed by atoms with Crippen molar-refractivity contribution in [2.24, 2.45) is 4.99 Å². The molecule has 0 aliphatic carbocycles. The molecule has 162 valence electrons. The molecule has 32 heavy (non-hydrogen) atoms. The third-order valence-electron chi connectivity index (χ3n) is 5.09. The first-order valence-electron chi connectivity index (χ1n) is 10.2. The highest BCUT2D eigenvalue weighted by atomic mass is 32.2. The molecule has 0 radical (unpaired) electrons. The predicted molar refractivity (Wildman–Crippen MR) is 123 cm³/mol. The van der Waals surface area contributed by atoms with Crippen molar-refractivity contribution in [1.29, 1.82) is 0 Å². The van der Waals surface area contributed by atoms with Crippen molar-refractivity contribution in [1.82, 2.24) is 15.0 Å². The summed E-state index contributed by atoms with van der Waals surface area (Å²) < 4.78 is 32.1. The lowest BCUT2D eigenvalue weighted by atomic mass is 10.1. The average Bonchev–Trinajstić information content (AvgIpc) is 3.41. The molecule has 9 heteroatoms. The molecule has 0 saturated heterocycles. The molecule has 2 aromatic carbocycles. The molecule has 1 aliphatic heterocycles. The Morgan fingerprint density at radius 2 is 1.91 bits per heavy atom. The number of aromatic nitrogens is 3. The van der Waals surface area contributed by atoms with Crippen LogP contribution in [-0.2, 0) is 16.4 Å². The topological polar surface area (TPSA) is 109 Å². The fourth-order valence-electron chi connectivity index (χ4n) is 3.60. The Bertz CT molecular complexity index is 1440. The van der Waals surface area contributed by atoms with E-state index in [2.05, 4.69) is 25.3 Å². The molecule has 2 aromatic heterocycles. The van der Waals surface area contributed by atoms with Crippen molar-refractivity contribution in [3.8, 4) is 5.75 Å². The number of sulfone groups is 1. The number of rotatable bonds is 6. The molecular weight excluding hydrogens is 426 g/mol. The van der Waals surface area contributed by atoms with Gasteiger partial charge in [-0.15, -0.1) is 0 Å². The van der Waals surface area contributed by atoms with Crippen LogP contribution in [0.4, 0.5) is 11.5 Å². The summed E-state index contributed by atoms with van der Waals surface area (Å²) in [5.74, 6) is 1.16. The Kier molecular flexibility index (Phi) is 4.90. The molecule has 0 amide bonds. The van der Waals surface area contributed by atoms with Gasteiger partial charge in [0.25, 0.3) is 0 Å². The number of ether oxygens (including phenoxy) is 1. The zero-order valence-electron chi connectivity index (χ0n) is 17.5. The van der Waals surface area contributed by atoms with Crippen molar-refractivity contribution in [3.05, 3.63) is 66.0 Å². The van der Waals surface area contributed by atoms with Crippen LogP contribution >= 0.6 is 0 Å². The maximum atomic E-state index is 13.0. The van der Waals surface area contributed by atoms with Gasteiger partial charge in [0.05, 0.1) is 28.6 Å². The van der Waals surface area contributed by atoms with E-state index in [1.807, 2.05) is 32.2 Å². The van der Waals surface area contributed by atoms with Crippen LogP contribution in [0.3, 0.4) is 0 Å². The normalized spacial score (nSPS) is 13.0. The zero-order valence-corrected chi connectivity index (χ0v) is 18.3. The number of benzene rings is 2. The van der Waals surface area contributed by atoms with E-state index in [9.17, 15) is 8.42 Å². The van der Waals surface area contributed by atoms with Crippen molar-refractivity contribution in [2.45, 2.75) is 36.4 Å². The molecule has 2 N–H and O–H groups in total. The van der Waals surface area contributed by atoms with Gasteiger partial charge in [0.2, 0.25) is 9.84 Å². The van der Waals surface area contributed by atoms with Crippen molar-refractivity contribution in [3.63, 3.8) is 0 Å². The molecule has 4 aromatic rings. The average molecular weight is 448 g/mol. The molecule has 0 bridgehead atoms. The molecular formula is C23H21N5O3S. The fraction of sp³-hybridized carbons (Fsp3) is 0.174. The second kappa shape index (κ2) is 7.76. The summed E-state index contributed by atoms with van der Waals surface area (Å²) >= 11 is 0. The Morgan fingerprint density at radius 1 is 1.09 bits per heavy atom. The predicted octanol–water partition coefficient (Wildman–Crippen LogP) is 4.25. The first kappa shape index (κ1) is 20.2. The minimum absolute atomic E-state index is 0.0174. The van der Waals surface area contributed by atoms with E-state index in [0.29, 0.717) is 29.1 Å². The molecule has 3 heterocycles. The number of nitrogens with one attached hydrogen (secondary N) is 2. The molecule has 5 rings (SSSR count). The number of nitrogens with zero attached hydrogens (tertiary/aromatic N) is 3. The standard InChI is InChI=1S/C23H21N5O3S/c1-14(2)31-20-9-16-12-24-11-15(16)8-19(20)27-22-18-10-21(28-23(18)26-13-25-22)32(29,30)17-6-4-3-5-7-17/h3-11,13-14H,12H2,1-2H3,(H2,25,26,27,28). The third kappa shape index (κ3) is 3.60. The zero-order chi connectivity index (χ0) is 22.3. The summed E-state index contributed by atoms with van der Waals surface area (Å²) in [6, 6.07) is 13.8. The number of fused-ring (bicyclic) bond motifs is 2. The van der Waals surface area contributed by atoms with Crippen molar-refractivity contribution >= 4 is 38.6 Å². The SMILES string of the molecule is CC(C)Oc1cc2c(cc1Nc1ncnc3[nH]c(S(=O)(=O)c4ccccc4)cc13)C=NC2. The largest absolute Gasteiger partial charge is 0.489 e. The summed E-state index contributed by atoms with van der Waals surface area (Å²) in [6.45, 7) is 4.55. The Labute approximate surface area is 185 Å². The van der Waals surface area contributed by atoms with Gasteiger partial charge in [0.15, 0.2) is 0 Å². The number of H-pyrrole nitrogens is 1. The first-order valence-corrected chi connectivity index (χ1v) is 11.6. The van der Waals surface area contributed by atoms with Gasteiger partial charge < -0.3 is 15.0 Å². The number of anilines is 2. The lowest BCUT2D eigenvalue weighted by molar-refractivity contribution is 0.243. The van der Waals surface area contributed by atoms with E-state index >= 15 is 0 Å². The first-order chi connectivity index (χ1) is 15.4. The van der Waals surface area contributed by atoms with E-state index in [-0.39, 0.29) is 16.0 Å². The highest BCUT2D eigenvalue weighted by molar-refractivity contribution is 7.91. The Morgan fingerprint density at radius 3 is 2.69 bits per heavy atom. The second-order valence-corrected chi connectivity index (χ2v) is 9.66. The van der Waals surface area contributed by atoms with Crippen molar-refractivity contribution < 1.29 is 13.2 Å². The molecule has 0 fully saturated rings. The van der Waals surface area contributed by atoms with E-state index in [4.69, 9.17) is 4.74 Å². The van der Waals surface area contributed by atoms with Crippen LogP contribution in [0.1, 0.15) is 25.0 Å². The van der Waals surface area contributed by atoms with Crippen LogP contribution in [-0.4, -0.2) is 35.7 Å². The van der Waals surface area contributed by atoms with Gasteiger partial charge in [-0.25, -0.2) is 18.4 Å². The van der Waals surface area contributed by atoms with Gasteiger partial charge in [-0.2, -0.15) is 0 Å². The Hall–Kier alpha value is -3.72. The van der Waals surface area contributed by atoms with Gasteiger partial charge in [-0.3, -0.25) is 4.99 Å².